The fourth-order valence-corrected chi connectivity index (χ4v) is 1.96. The van der Waals surface area contributed by atoms with Crippen molar-refractivity contribution in [3.8, 4) is 28.6 Å². The van der Waals surface area contributed by atoms with E-state index in [1.807, 2.05) is 31.2 Å². The van der Waals surface area contributed by atoms with Crippen molar-refractivity contribution in [3.05, 3.63) is 42.5 Å². The summed E-state index contributed by atoms with van der Waals surface area (Å²) in [5.41, 5.74) is 2.39. The Morgan fingerprint density at radius 1 is 1.19 bits per heavy atom. The second kappa shape index (κ2) is 5.70. The molecule has 0 aliphatic rings. The molecule has 0 aromatic carbocycles. The van der Waals surface area contributed by atoms with Crippen molar-refractivity contribution in [3.63, 3.8) is 0 Å². The molecule has 3 aromatic rings. The molecule has 0 atom stereocenters. The molecule has 3 aromatic heterocycles. The van der Waals surface area contributed by atoms with Gasteiger partial charge in [-0.3, -0.25) is 4.98 Å². The molecule has 0 saturated carbocycles. The Morgan fingerprint density at radius 2 is 2.10 bits per heavy atom. The summed E-state index contributed by atoms with van der Waals surface area (Å²) >= 11 is 0. The largest absolute Gasteiger partial charge is 0.477 e. The monoisotopic (exact) mass is 282 g/mol. The number of ether oxygens (including phenoxy) is 1. The lowest BCUT2D eigenvalue weighted by molar-refractivity contribution is 0.328. The van der Waals surface area contributed by atoms with Crippen LogP contribution in [0, 0.1) is 6.92 Å². The highest BCUT2D eigenvalue weighted by Crippen LogP contribution is 2.28. The van der Waals surface area contributed by atoms with E-state index in [2.05, 4.69) is 20.1 Å². The van der Waals surface area contributed by atoms with Gasteiger partial charge in [0.1, 0.15) is 0 Å². The highest BCUT2D eigenvalue weighted by atomic mass is 16.5. The van der Waals surface area contributed by atoms with Gasteiger partial charge in [-0.05, 0) is 38.1 Å². The van der Waals surface area contributed by atoms with Gasteiger partial charge in [0, 0.05) is 18.0 Å². The molecule has 0 N–H and O–H groups in total. The van der Waals surface area contributed by atoms with Gasteiger partial charge in [0.15, 0.2) is 5.82 Å². The standard InChI is InChI=1S/C15H14N4O2/c1-3-20-15-12(5-4-7-17-15)13-9-11(6-8-16-13)14-18-10(2)19-21-14/h4-9H,3H2,1-2H3. The average molecular weight is 282 g/mol. The number of nitrogens with zero attached hydrogens (tertiary/aromatic N) is 4. The van der Waals surface area contributed by atoms with E-state index < -0.39 is 0 Å². The molecular formula is C15H14N4O2. The van der Waals surface area contributed by atoms with Crippen LogP contribution in [0.15, 0.2) is 41.2 Å². The zero-order valence-electron chi connectivity index (χ0n) is 11.8. The van der Waals surface area contributed by atoms with Gasteiger partial charge in [0.05, 0.1) is 17.9 Å². The number of aromatic nitrogens is 4. The Kier molecular flexibility index (Phi) is 3.59. The molecule has 3 heterocycles. The summed E-state index contributed by atoms with van der Waals surface area (Å²) in [7, 11) is 0. The molecule has 0 bridgehead atoms. The van der Waals surface area contributed by atoms with E-state index in [1.54, 1.807) is 19.3 Å². The molecule has 3 rings (SSSR count). The number of hydrogen-bond donors (Lipinski definition) is 0. The lowest BCUT2D eigenvalue weighted by Gasteiger charge is -2.08. The molecule has 6 heteroatoms. The van der Waals surface area contributed by atoms with Crippen LogP contribution in [0.2, 0.25) is 0 Å². The third kappa shape index (κ3) is 2.74. The molecular weight excluding hydrogens is 268 g/mol. The number of aryl methyl sites for hydroxylation is 1. The third-order valence-electron chi connectivity index (χ3n) is 2.86. The summed E-state index contributed by atoms with van der Waals surface area (Å²) in [5.74, 6) is 1.63. The molecule has 106 valence electrons. The van der Waals surface area contributed by atoms with Gasteiger partial charge in [-0.15, -0.1) is 0 Å². The summed E-state index contributed by atoms with van der Waals surface area (Å²) < 4.78 is 10.7. The van der Waals surface area contributed by atoms with Gasteiger partial charge in [-0.2, -0.15) is 4.98 Å². The fraction of sp³-hybridized carbons (Fsp3) is 0.200. The van der Waals surface area contributed by atoms with Crippen LogP contribution < -0.4 is 4.74 Å². The van der Waals surface area contributed by atoms with Crippen LogP contribution in [-0.4, -0.2) is 26.7 Å². The first-order chi connectivity index (χ1) is 10.3. The maximum Gasteiger partial charge on any atom is 0.258 e. The molecule has 0 spiro atoms. The Bertz CT molecular complexity index is 755. The van der Waals surface area contributed by atoms with Crippen molar-refractivity contribution >= 4 is 0 Å². The van der Waals surface area contributed by atoms with E-state index in [-0.39, 0.29) is 0 Å². The SMILES string of the molecule is CCOc1ncccc1-c1cc(-c2nc(C)no2)ccn1. The quantitative estimate of drug-likeness (QED) is 0.732. The minimum absolute atomic E-state index is 0.470. The van der Waals surface area contributed by atoms with Gasteiger partial charge >= 0.3 is 0 Å². The molecule has 0 aliphatic heterocycles. The predicted molar refractivity (Wildman–Crippen MR) is 76.7 cm³/mol. The lowest BCUT2D eigenvalue weighted by Crippen LogP contribution is -1.97. The first-order valence-electron chi connectivity index (χ1n) is 6.63. The highest BCUT2D eigenvalue weighted by molar-refractivity contribution is 5.69. The van der Waals surface area contributed by atoms with E-state index in [0.29, 0.717) is 24.2 Å². The summed E-state index contributed by atoms with van der Waals surface area (Å²) in [6.45, 7) is 4.25. The van der Waals surface area contributed by atoms with Crippen molar-refractivity contribution in [1.82, 2.24) is 20.1 Å². The second-order valence-corrected chi connectivity index (χ2v) is 4.37. The number of rotatable bonds is 4. The normalized spacial score (nSPS) is 10.6. The third-order valence-corrected chi connectivity index (χ3v) is 2.86. The van der Waals surface area contributed by atoms with Crippen molar-refractivity contribution in [1.29, 1.82) is 0 Å². The molecule has 0 aliphatic carbocycles. The Balaban J connectivity index is 2.04. The van der Waals surface area contributed by atoms with E-state index in [9.17, 15) is 0 Å². The first kappa shape index (κ1) is 13.2. The first-order valence-corrected chi connectivity index (χ1v) is 6.63. The predicted octanol–water partition coefficient (Wildman–Crippen LogP) is 2.90. The van der Waals surface area contributed by atoms with Gasteiger partial charge in [0.2, 0.25) is 5.88 Å². The van der Waals surface area contributed by atoms with Crippen LogP contribution in [0.1, 0.15) is 12.7 Å². The smallest absolute Gasteiger partial charge is 0.258 e. The van der Waals surface area contributed by atoms with Crippen molar-refractivity contribution in [2.24, 2.45) is 0 Å². The van der Waals surface area contributed by atoms with Crippen molar-refractivity contribution < 1.29 is 9.26 Å². The Labute approximate surface area is 121 Å². The summed E-state index contributed by atoms with van der Waals surface area (Å²) in [6, 6.07) is 7.48. The summed E-state index contributed by atoms with van der Waals surface area (Å²) in [6.07, 6.45) is 3.40. The molecule has 0 saturated heterocycles. The Morgan fingerprint density at radius 3 is 2.86 bits per heavy atom. The number of hydrogen-bond acceptors (Lipinski definition) is 6. The van der Waals surface area contributed by atoms with Crippen LogP contribution in [0.25, 0.3) is 22.7 Å². The summed E-state index contributed by atoms with van der Waals surface area (Å²) in [4.78, 5) is 12.8. The van der Waals surface area contributed by atoms with E-state index >= 15 is 0 Å². The molecule has 6 nitrogen and oxygen atoms in total. The topological polar surface area (TPSA) is 73.9 Å². The molecule has 0 unspecified atom stereocenters. The molecule has 0 radical (unpaired) electrons. The zero-order valence-corrected chi connectivity index (χ0v) is 11.8. The van der Waals surface area contributed by atoms with E-state index in [0.717, 1.165) is 16.8 Å². The number of pyridine rings is 2. The van der Waals surface area contributed by atoms with Gasteiger partial charge in [0.25, 0.3) is 5.89 Å². The molecule has 0 fully saturated rings. The second-order valence-electron chi connectivity index (χ2n) is 4.37. The van der Waals surface area contributed by atoms with Crippen LogP contribution in [0.5, 0.6) is 5.88 Å². The fourth-order valence-electron chi connectivity index (χ4n) is 1.96. The highest BCUT2D eigenvalue weighted by Gasteiger charge is 2.12. The van der Waals surface area contributed by atoms with Crippen LogP contribution in [-0.2, 0) is 0 Å². The van der Waals surface area contributed by atoms with Gasteiger partial charge < -0.3 is 9.26 Å². The van der Waals surface area contributed by atoms with Crippen LogP contribution in [0.4, 0.5) is 0 Å². The van der Waals surface area contributed by atoms with E-state index in [4.69, 9.17) is 9.26 Å². The maximum absolute atomic E-state index is 5.54. The van der Waals surface area contributed by atoms with E-state index in [1.165, 1.54) is 0 Å². The summed E-state index contributed by atoms with van der Waals surface area (Å²) in [5, 5.41) is 3.80. The lowest BCUT2D eigenvalue weighted by atomic mass is 10.1. The molecule has 21 heavy (non-hydrogen) atoms. The zero-order chi connectivity index (χ0) is 14.7. The average Bonchev–Trinajstić information content (AvgIpc) is 2.95. The van der Waals surface area contributed by atoms with Crippen LogP contribution in [0.3, 0.4) is 0 Å². The molecule has 0 amide bonds. The Hall–Kier alpha value is -2.76. The van der Waals surface area contributed by atoms with Crippen molar-refractivity contribution in [2.45, 2.75) is 13.8 Å². The van der Waals surface area contributed by atoms with Crippen LogP contribution >= 0.6 is 0 Å². The van der Waals surface area contributed by atoms with Gasteiger partial charge in [-0.1, -0.05) is 5.16 Å². The van der Waals surface area contributed by atoms with Gasteiger partial charge in [-0.25, -0.2) is 4.98 Å². The minimum atomic E-state index is 0.470. The van der Waals surface area contributed by atoms with Crippen molar-refractivity contribution in [2.75, 3.05) is 6.61 Å². The minimum Gasteiger partial charge on any atom is -0.477 e. The maximum atomic E-state index is 5.54.